The summed E-state index contributed by atoms with van der Waals surface area (Å²) in [6.07, 6.45) is 1.59. The van der Waals surface area contributed by atoms with Crippen molar-refractivity contribution in [3.05, 3.63) is 84.1 Å². The Labute approximate surface area is 157 Å². The molecule has 5 nitrogen and oxygen atoms in total. The van der Waals surface area contributed by atoms with Crippen molar-refractivity contribution in [3.8, 4) is 17.0 Å². The van der Waals surface area contributed by atoms with E-state index in [0.29, 0.717) is 11.5 Å². The van der Waals surface area contributed by atoms with Crippen LogP contribution < -0.4 is 5.43 Å². The van der Waals surface area contributed by atoms with Gasteiger partial charge in [-0.05, 0) is 29.8 Å². The van der Waals surface area contributed by atoms with Crippen molar-refractivity contribution in [1.29, 1.82) is 0 Å². The molecule has 3 aromatic carbocycles. The second-order valence-corrected chi connectivity index (χ2v) is 6.17. The summed E-state index contributed by atoms with van der Waals surface area (Å²) in [5.41, 5.74) is 6.21. The van der Waals surface area contributed by atoms with Crippen LogP contribution in [0.1, 0.15) is 11.3 Å². The average Bonchev–Trinajstić information content (AvgIpc) is 2.70. The van der Waals surface area contributed by atoms with Crippen LogP contribution in [0.4, 0.5) is 5.95 Å². The van der Waals surface area contributed by atoms with Crippen molar-refractivity contribution in [3.63, 3.8) is 0 Å². The number of aromatic hydroxyl groups is 1. The lowest BCUT2D eigenvalue weighted by atomic mass is 10.0. The van der Waals surface area contributed by atoms with E-state index in [1.54, 1.807) is 12.3 Å². The molecule has 27 heavy (non-hydrogen) atoms. The van der Waals surface area contributed by atoms with E-state index < -0.39 is 0 Å². The Balaban J connectivity index is 1.63. The fourth-order valence-electron chi connectivity index (χ4n) is 2.95. The lowest BCUT2D eigenvalue weighted by Gasteiger charge is -2.06. The quantitative estimate of drug-likeness (QED) is 0.410. The third-order valence-corrected chi connectivity index (χ3v) is 4.23. The molecule has 1 aromatic heterocycles. The highest BCUT2D eigenvalue weighted by Crippen LogP contribution is 2.25. The van der Waals surface area contributed by atoms with Gasteiger partial charge in [-0.1, -0.05) is 60.7 Å². The zero-order valence-corrected chi connectivity index (χ0v) is 14.8. The van der Waals surface area contributed by atoms with Gasteiger partial charge in [0.15, 0.2) is 0 Å². The predicted octanol–water partition coefficient (Wildman–Crippen LogP) is 4.76. The Morgan fingerprint density at radius 1 is 0.926 bits per heavy atom. The van der Waals surface area contributed by atoms with E-state index in [4.69, 9.17) is 0 Å². The van der Waals surface area contributed by atoms with Gasteiger partial charge < -0.3 is 5.11 Å². The Morgan fingerprint density at radius 3 is 2.56 bits per heavy atom. The van der Waals surface area contributed by atoms with Crippen LogP contribution in [-0.4, -0.2) is 21.3 Å². The summed E-state index contributed by atoms with van der Waals surface area (Å²) < 4.78 is 0. The van der Waals surface area contributed by atoms with Crippen molar-refractivity contribution in [2.75, 3.05) is 5.43 Å². The van der Waals surface area contributed by atoms with Gasteiger partial charge in [-0.2, -0.15) is 5.10 Å². The number of benzene rings is 3. The second-order valence-electron chi connectivity index (χ2n) is 6.17. The molecule has 0 aliphatic carbocycles. The summed E-state index contributed by atoms with van der Waals surface area (Å²) in [4.78, 5) is 8.90. The minimum Gasteiger partial charge on any atom is -0.507 e. The highest BCUT2D eigenvalue weighted by atomic mass is 16.3. The van der Waals surface area contributed by atoms with E-state index in [0.717, 1.165) is 27.7 Å². The number of nitrogens with zero attached hydrogens (tertiary/aromatic N) is 3. The third-order valence-electron chi connectivity index (χ3n) is 4.23. The number of phenols is 1. The van der Waals surface area contributed by atoms with Gasteiger partial charge in [0.05, 0.1) is 11.9 Å². The third kappa shape index (κ3) is 3.62. The molecule has 2 N–H and O–H groups in total. The number of phenolic OH excluding ortho intramolecular Hbond substituents is 1. The number of fused-ring (bicyclic) bond motifs is 1. The molecule has 0 atom stereocenters. The van der Waals surface area contributed by atoms with Gasteiger partial charge >= 0.3 is 0 Å². The first-order valence-electron chi connectivity index (χ1n) is 8.61. The number of nitrogens with one attached hydrogen (secondary N) is 1. The van der Waals surface area contributed by atoms with Gasteiger partial charge in [-0.25, -0.2) is 15.4 Å². The predicted molar refractivity (Wildman–Crippen MR) is 109 cm³/mol. The lowest BCUT2D eigenvalue weighted by Crippen LogP contribution is -2.00. The monoisotopic (exact) mass is 354 g/mol. The highest BCUT2D eigenvalue weighted by Gasteiger charge is 2.06. The van der Waals surface area contributed by atoms with Gasteiger partial charge in [0.25, 0.3) is 0 Å². The van der Waals surface area contributed by atoms with E-state index in [1.165, 1.54) is 0 Å². The minimum absolute atomic E-state index is 0.175. The normalized spacial score (nSPS) is 11.1. The van der Waals surface area contributed by atoms with Gasteiger partial charge in [-0.15, -0.1) is 0 Å². The Bertz CT molecular complexity index is 1120. The van der Waals surface area contributed by atoms with Crippen LogP contribution in [-0.2, 0) is 0 Å². The first-order valence-corrected chi connectivity index (χ1v) is 8.61. The largest absolute Gasteiger partial charge is 0.507 e. The summed E-state index contributed by atoms with van der Waals surface area (Å²) in [7, 11) is 0. The highest BCUT2D eigenvalue weighted by molar-refractivity contribution is 6.02. The van der Waals surface area contributed by atoms with Gasteiger partial charge in [0.1, 0.15) is 5.75 Å². The van der Waals surface area contributed by atoms with Gasteiger partial charge in [0.2, 0.25) is 5.95 Å². The van der Waals surface area contributed by atoms with Crippen molar-refractivity contribution in [2.45, 2.75) is 6.92 Å². The average molecular weight is 354 g/mol. The van der Waals surface area contributed by atoms with Crippen LogP contribution in [0.5, 0.6) is 5.75 Å². The van der Waals surface area contributed by atoms with E-state index in [2.05, 4.69) is 20.5 Å². The van der Waals surface area contributed by atoms with Crippen LogP contribution >= 0.6 is 0 Å². The maximum absolute atomic E-state index is 10.2. The van der Waals surface area contributed by atoms with E-state index in [9.17, 15) is 5.11 Å². The summed E-state index contributed by atoms with van der Waals surface area (Å²) in [5.74, 6) is 0.583. The molecule has 0 bridgehead atoms. The van der Waals surface area contributed by atoms with Gasteiger partial charge in [0, 0.05) is 16.8 Å². The summed E-state index contributed by atoms with van der Waals surface area (Å²) in [5, 5.41) is 16.4. The number of rotatable bonds is 4. The molecule has 1 heterocycles. The Morgan fingerprint density at radius 2 is 1.70 bits per heavy atom. The maximum atomic E-state index is 10.2. The molecule has 4 rings (SSSR count). The van der Waals surface area contributed by atoms with Gasteiger partial charge in [-0.3, -0.25) is 0 Å². The van der Waals surface area contributed by atoms with Crippen molar-refractivity contribution in [2.24, 2.45) is 5.10 Å². The van der Waals surface area contributed by atoms with Crippen LogP contribution in [0, 0.1) is 6.92 Å². The molecule has 4 aromatic rings. The summed E-state index contributed by atoms with van der Waals surface area (Å²) >= 11 is 0. The topological polar surface area (TPSA) is 70.4 Å². The fraction of sp³-hybridized carbons (Fsp3) is 0.0455. The standard InChI is InChI=1S/C22H18N4O/c1-15-13-20(17-8-3-2-4-9-17)25-22(24-15)26-23-14-19-18-10-6-5-7-16(18)11-12-21(19)27/h2-14,27H,1H3,(H,24,25,26). The summed E-state index contributed by atoms with van der Waals surface area (Å²) in [6.45, 7) is 1.92. The molecule has 5 heteroatoms. The Hall–Kier alpha value is -3.73. The molecule has 0 amide bonds. The van der Waals surface area contributed by atoms with E-state index in [1.807, 2.05) is 73.7 Å². The second kappa shape index (κ2) is 7.25. The SMILES string of the molecule is Cc1cc(-c2ccccc2)nc(NN=Cc2c(O)ccc3ccccc23)n1. The smallest absolute Gasteiger partial charge is 0.244 e. The molecule has 0 radical (unpaired) electrons. The molecule has 132 valence electrons. The van der Waals surface area contributed by atoms with Crippen LogP contribution in [0.3, 0.4) is 0 Å². The summed E-state index contributed by atoms with van der Waals surface area (Å²) in [6, 6.07) is 23.2. The molecule has 0 saturated carbocycles. The fourth-order valence-corrected chi connectivity index (χ4v) is 2.95. The molecular formula is C22H18N4O. The van der Waals surface area contributed by atoms with Crippen molar-refractivity contribution >= 4 is 22.9 Å². The zero-order chi connectivity index (χ0) is 18.6. The van der Waals surface area contributed by atoms with Crippen LogP contribution in [0.15, 0.2) is 77.9 Å². The molecular weight excluding hydrogens is 336 g/mol. The number of hydrogen-bond acceptors (Lipinski definition) is 5. The van der Waals surface area contributed by atoms with Crippen molar-refractivity contribution in [1.82, 2.24) is 9.97 Å². The zero-order valence-electron chi connectivity index (χ0n) is 14.8. The van der Waals surface area contributed by atoms with E-state index in [-0.39, 0.29) is 5.75 Å². The maximum Gasteiger partial charge on any atom is 0.244 e. The van der Waals surface area contributed by atoms with Crippen molar-refractivity contribution < 1.29 is 5.11 Å². The number of anilines is 1. The molecule has 0 aliphatic heterocycles. The minimum atomic E-state index is 0.175. The van der Waals surface area contributed by atoms with Crippen LogP contribution in [0.2, 0.25) is 0 Å². The number of aromatic nitrogens is 2. The van der Waals surface area contributed by atoms with Crippen LogP contribution in [0.25, 0.3) is 22.0 Å². The Kier molecular flexibility index (Phi) is 4.49. The molecule has 0 aliphatic rings. The lowest BCUT2D eigenvalue weighted by molar-refractivity contribution is 0.475. The number of hydrazone groups is 1. The number of aryl methyl sites for hydroxylation is 1. The molecule has 0 unspecified atom stereocenters. The first-order chi connectivity index (χ1) is 13.2. The molecule has 0 spiro atoms. The van der Waals surface area contributed by atoms with E-state index >= 15 is 0 Å². The first kappa shape index (κ1) is 16.7. The number of hydrogen-bond donors (Lipinski definition) is 2. The molecule has 0 fully saturated rings. The molecule has 0 saturated heterocycles.